The predicted molar refractivity (Wildman–Crippen MR) is 78.8 cm³/mol. The fourth-order valence-electron chi connectivity index (χ4n) is 3.36. The first kappa shape index (κ1) is 16.0. The van der Waals surface area contributed by atoms with Crippen LogP contribution in [-0.2, 0) is 0 Å². The summed E-state index contributed by atoms with van der Waals surface area (Å²) in [7, 11) is 0. The van der Waals surface area contributed by atoms with Crippen LogP contribution in [0.5, 0.6) is 0 Å². The van der Waals surface area contributed by atoms with E-state index in [1.54, 1.807) is 0 Å². The van der Waals surface area contributed by atoms with Gasteiger partial charge in [0.25, 0.3) is 0 Å². The zero-order valence-corrected chi connectivity index (χ0v) is 12.9. The van der Waals surface area contributed by atoms with E-state index in [1.165, 1.54) is 32.1 Å². The van der Waals surface area contributed by atoms with E-state index in [2.05, 4.69) is 32.6 Å². The molecule has 0 aromatic rings. The lowest BCUT2D eigenvalue weighted by Crippen LogP contribution is -2.49. The topological polar surface area (TPSA) is 23.5 Å². The summed E-state index contributed by atoms with van der Waals surface area (Å²) >= 11 is 0. The molecule has 18 heavy (non-hydrogen) atoms. The van der Waals surface area contributed by atoms with Crippen molar-refractivity contribution in [3.63, 3.8) is 0 Å². The maximum Gasteiger partial charge on any atom is 0.0774 e. The quantitative estimate of drug-likeness (QED) is 0.747. The monoisotopic (exact) mass is 255 g/mol. The second-order valence-electron chi connectivity index (χ2n) is 6.58. The first-order valence-electron chi connectivity index (χ1n) is 7.97. The number of aliphatic hydroxyl groups is 1. The van der Waals surface area contributed by atoms with Crippen molar-refractivity contribution >= 4 is 0 Å². The minimum absolute atomic E-state index is 0.407. The first-order chi connectivity index (χ1) is 8.50. The molecular formula is C16H33NO. The lowest BCUT2D eigenvalue weighted by Gasteiger charge is -2.41. The van der Waals surface area contributed by atoms with Crippen molar-refractivity contribution in [2.24, 2.45) is 5.92 Å². The molecule has 1 fully saturated rings. The second-order valence-corrected chi connectivity index (χ2v) is 6.58. The van der Waals surface area contributed by atoms with Gasteiger partial charge in [-0.1, -0.05) is 47.0 Å². The van der Waals surface area contributed by atoms with E-state index < -0.39 is 5.60 Å². The Kier molecular flexibility index (Phi) is 6.65. The van der Waals surface area contributed by atoms with Gasteiger partial charge < -0.3 is 5.11 Å². The van der Waals surface area contributed by atoms with Crippen LogP contribution in [0.1, 0.15) is 72.6 Å². The SMILES string of the molecule is CCC(CC)N(CC(C)C)CC1(O)CCCCC1. The Bertz CT molecular complexity index is 217. The molecule has 2 nitrogen and oxygen atoms in total. The van der Waals surface area contributed by atoms with Gasteiger partial charge in [0, 0.05) is 19.1 Å². The van der Waals surface area contributed by atoms with E-state index in [1.807, 2.05) is 0 Å². The van der Waals surface area contributed by atoms with Crippen LogP contribution < -0.4 is 0 Å². The van der Waals surface area contributed by atoms with Crippen LogP contribution >= 0.6 is 0 Å². The van der Waals surface area contributed by atoms with Crippen molar-refractivity contribution in [1.29, 1.82) is 0 Å². The molecular weight excluding hydrogens is 222 g/mol. The Morgan fingerprint density at radius 3 is 2.06 bits per heavy atom. The van der Waals surface area contributed by atoms with Gasteiger partial charge in [0.1, 0.15) is 0 Å². The number of hydrogen-bond acceptors (Lipinski definition) is 2. The fourth-order valence-corrected chi connectivity index (χ4v) is 3.36. The minimum Gasteiger partial charge on any atom is -0.389 e. The Labute approximate surface area is 114 Å². The van der Waals surface area contributed by atoms with Crippen LogP contribution in [0.4, 0.5) is 0 Å². The van der Waals surface area contributed by atoms with Gasteiger partial charge in [-0.15, -0.1) is 0 Å². The summed E-state index contributed by atoms with van der Waals surface area (Å²) in [5.74, 6) is 0.679. The maximum atomic E-state index is 10.8. The first-order valence-corrected chi connectivity index (χ1v) is 7.97. The van der Waals surface area contributed by atoms with Crippen LogP contribution in [0.15, 0.2) is 0 Å². The van der Waals surface area contributed by atoms with Gasteiger partial charge in [-0.25, -0.2) is 0 Å². The van der Waals surface area contributed by atoms with Gasteiger partial charge in [-0.2, -0.15) is 0 Å². The van der Waals surface area contributed by atoms with Gasteiger partial charge in [-0.3, -0.25) is 4.90 Å². The molecule has 0 aromatic carbocycles. The Morgan fingerprint density at radius 1 is 1.06 bits per heavy atom. The Morgan fingerprint density at radius 2 is 1.61 bits per heavy atom. The molecule has 0 bridgehead atoms. The van der Waals surface area contributed by atoms with Crippen molar-refractivity contribution in [3.8, 4) is 0 Å². The normalized spacial score (nSPS) is 20.0. The number of nitrogens with zero attached hydrogens (tertiary/aromatic N) is 1. The van der Waals surface area contributed by atoms with E-state index in [0.717, 1.165) is 25.9 Å². The minimum atomic E-state index is -0.407. The molecule has 1 rings (SSSR count). The van der Waals surface area contributed by atoms with Crippen molar-refractivity contribution in [1.82, 2.24) is 4.90 Å². The van der Waals surface area contributed by atoms with Crippen molar-refractivity contribution in [3.05, 3.63) is 0 Å². The Balaban J connectivity index is 2.63. The molecule has 0 atom stereocenters. The molecule has 0 aliphatic heterocycles. The standard InChI is InChI=1S/C16H33NO/c1-5-15(6-2)17(12-14(3)4)13-16(18)10-8-7-9-11-16/h14-15,18H,5-13H2,1-4H3. The Hall–Kier alpha value is -0.0800. The number of hydrogen-bond donors (Lipinski definition) is 1. The van der Waals surface area contributed by atoms with Gasteiger partial charge in [-0.05, 0) is 31.6 Å². The van der Waals surface area contributed by atoms with E-state index in [-0.39, 0.29) is 0 Å². The van der Waals surface area contributed by atoms with Crippen LogP contribution in [0.3, 0.4) is 0 Å². The molecule has 108 valence electrons. The highest BCUT2D eigenvalue weighted by molar-refractivity contribution is 4.87. The van der Waals surface area contributed by atoms with Gasteiger partial charge in [0.15, 0.2) is 0 Å². The van der Waals surface area contributed by atoms with E-state index in [4.69, 9.17) is 0 Å². The summed E-state index contributed by atoms with van der Waals surface area (Å²) in [6.07, 6.45) is 8.10. The van der Waals surface area contributed by atoms with Gasteiger partial charge >= 0.3 is 0 Å². The molecule has 1 N–H and O–H groups in total. The summed E-state index contributed by atoms with van der Waals surface area (Å²) < 4.78 is 0. The average Bonchev–Trinajstić information content (AvgIpc) is 2.30. The van der Waals surface area contributed by atoms with Crippen molar-refractivity contribution in [2.45, 2.75) is 84.3 Å². The molecule has 0 heterocycles. The highest BCUT2D eigenvalue weighted by Gasteiger charge is 2.33. The molecule has 1 aliphatic rings. The molecule has 0 aromatic heterocycles. The van der Waals surface area contributed by atoms with Gasteiger partial charge in [0.05, 0.1) is 5.60 Å². The zero-order valence-electron chi connectivity index (χ0n) is 12.9. The lowest BCUT2D eigenvalue weighted by molar-refractivity contribution is -0.0394. The summed E-state index contributed by atoms with van der Waals surface area (Å²) in [4.78, 5) is 2.55. The molecule has 0 amide bonds. The molecule has 1 saturated carbocycles. The van der Waals surface area contributed by atoms with Gasteiger partial charge in [0.2, 0.25) is 0 Å². The highest BCUT2D eigenvalue weighted by Crippen LogP contribution is 2.30. The molecule has 2 heteroatoms. The van der Waals surface area contributed by atoms with Crippen LogP contribution in [0.25, 0.3) is 0 Å². The van der Waals surface area contributed by atoms with E-state index >= 15 is 0 Å². The average molecular weight is 255 g/mol. The third kappa shape index (κ3) is 4.89. The van der Waals surface area contributed by atoms with Crippen LogP contribution in [0, 0.1) is 5.92 Å². The fraction of sp³-hybridized carbons (Fsp3) is 1.00. The van der Waals surface area contributed by atoms with E-state index in [9.17, 15) is 5.11 Å². The number of rotatable bonds is 7. The third-order valence-corrected chi connectivity index (χ3v) is 4.34. The van der Waals surface area contributed by atoms with Crippen LogP contribution in [0.2, 0.25) is 0 Å². The summed E-state index contributed by atoms with van der Waals surface area (Å²) in [5, 5.41) is 10.8. The summed E-state index contributed by atoms with van der Waals surface area (Å²) in [6, 6.07) is 0.637. The predicted octanol–water partition coefficient (Wildman–Crippen LogP) is 3.83. The lowest BCUT2D eigenvalue weighted by atomic mass is 9.84. The molecule has 0 saturated heterocycles. The van der Waals surface area contributed by atoms with E-state index in [0.29, 0.717) is 12.0 Å². The largest absolute Gasteiger partial charge is 0.389 e. The summed E-state index contributed by atoms with van der Waals surface area (Å²) in [5.41, 5.74) is -0.407. The zero-order chi connectivity index (χ0) is 13.6. The maximum absolute atomic E-state index is 10.8. The molecule has 0 spiro atoms. The van der Waals surface area contributed by atoms with Crippen molar-refractivity contribution in [2.75, 3.05) is 13.1 Å². The smallest absolute Gasteiger partial charge is 0.0774 e. The molecule has 0 radical (unpaired) electrons. The highest BCUT2D eigenvalue weighted by atomic mass is 16.3. The molecule has 0 unspecified atom stereocenters. The van der Waals surface area contributed by atoms with Crippen LogP contribution in [-0.4, -0.2) is 34.7 Å². The van der Waals surface area contributed by atoms with Crippen molar-refractivity contribution < 1.29 is 5.11 Å². The molecule has 1 aliphatic carbocycles. The second kappa shape index (κ2) is 7.49. The summed E-state index contributed by atoms with van der Waals surface area (Å²) in [6.45, 7) is 11.1. The third-order valence-electron chi connectivity index (χ3n) is 4.34.